The van der Waals surface area contributed by atoms with Crippen LogP contribution in [0.2, 0.25) is 0 Å². The molecule has 1 aliphatic carbocycles. The fourth-order valence-corrected chi connectivity index (χ4v) is 3.15. The summed E-state index contributed by atoms with van der Waals surface area (Å²) in [4.78, 5) is 6.78. The van der Waals surface area contributed by atoms with Crippen molar-refractivity contribution >= 4 is 5.82 Å². The molecule has 1 heterocycles. The van der Waals surface area contributed by atoms with Crippen molar-refractivity contribution in [3.05, 3.63) is 23.6 Å². The summed E-state index contributed by atoms with van der Waals surface area (Å²) < 4.78 is 13.6. The summed E-state index contributed by atoms with van der Waals surface area (Å²) in [5.74, 6) is 0.706. The van der Waals surface area contributed by atoms with E-state index in [1.807, 2.05) is 0 Å². The molecule has 0 saturated heterocycles. The predicted octanol–water partition coefficient (Wildman–Crippen LogP) is 3.88. The smallest absolute Gasteiger partial charge is 0.141 e. The molecule has 3 nitrogen and oxygen atoms in total. The van der Waals surface area contributed by atoms with Crippen LogP contribution < -0.4 is 10.2 Å². The number of pyridine rings is 1. The normalized spacial score (nSPS) is 16.4. The van der Waals surface area contributed by atoms with Gasteiger partial charge in [0.15, 0.2) is 0 Å². The molecule has 118 valence electrons. The topological polar surface area (TPSA) is 28.2 Å². The number of aromatic nitrogens is 1. The molecule has 1 N–H and O–H groups in total. The highest BCUT2D eigenvalue weighted by Crippen LogP contribution is 2.28. The van der Waals surface area contributed by atoms with Crippen molar-refractivity contribution < 1.29 is 4.39 Å². The number of nitrogens with one attached hydrogen (secondary N) is 1. The minimum Gasteiger partial charge on any atom is -0.354 e. The van der Waals surface area contributed by atoms with Crippen molar-refractivity contribution in [1.29, 1.82) is 0 Å². The first-order valence-electron chi connectivity index (χ1n) is 8.26. The van der Waals surface area contributed by atoms with Crippen LogP contribution in [0.3, 0.4) is 0 Å². The summed E-state index contributed by atoms with van der Waals surface area (Å²) >= 11 is 0. The number of hydrogen-bond donors (Lipinski definition) is 1. The van der Waals surface area contributed by atoms with Gasteiger partial charge in [-0.15, -0.1) is 0 Å². The fourth-order valence-electron chi connectivity index (χ4n) is 3.15. The molecule has 0 bridgehead atoms. The van der Waals surface area contributed by atoms with Crippen LogP contribution in [-0.2, 0) is 6.54 Å². The van der Waals surface area contributed by atoms with Gasteiger partial charge in [-0.05, 0) is 25.8 Å². The van der Waals surface area contributed by atoms with E-state index in [4.69, 9.17) is 0 Å². The van der Waals surface area contributed by atoms with Crippen LogP contribution >= 0.6 is 0 Å². The first kappa shape index (κ1) is 16.2. The van der Waals surface area contributed by atoms with Crippen molar-refractivity contribution in [3.8, 4) is 0 Å². The van der Waals surface area contributed by atoms with Crippen LogP contribution in [0.4, 0.5) is 10.2 Å². The third-order valence-corrected chi connectivity index (χ3v) is 4.24. The molecule has 1 saturated carbocycles. The lowest BCUT2D eigenvalue weighted by atomic mass is 9.94. The van der Waals surface area contributed by atoms with E-state index in [0.29, 0.717) is 18.6 Å². The molecule has 0 aromatic carbocycles. The fraction of sp³-hybridized carbons (Fsp3) is 0.706. The maximum Gasteiger partial charge on any atom is 0.141 e. The van der Waals surface area contributed by atoms with E-state index in [-0.39, 0.29) is 5.82 Å². The highest BCUT2D eigenvalue weighted by Gasteiger charge is 2.23. The third kappa shape index (κ3) is 4.40. The molecule has 1 aromatic rings. The standard InChI is InChI=1S/C17H28FN3/c1-4-21(16-8-6-5-7-9-16)17-14(11-19-13(2)3)10-15(18)12-20-17/h10,12-13,16,19H,4-9,11H2,1-3H3. The summed E-state index contributed by atoms with van der Waals surface area (Å²) in [5.41, 5.74) is 0.969. The zero-order chi connectivity index (χ0) is 15.2. The van der Waals surface area contributed by atoms with Crippen LogP contribution in [0, 0.1) is 5.82 Å². The number of anilines is 1. The van der Waals surface area contributed by atoms with Crippen LogP contribution in [0.15, 0.2) is 12.3 Å². The van der Waals surface area contributed by atoms with E-state index in [2.05, 4.69) is 36.0 Å². The lowest BCUT2D eigenvalue weighted by Crippen LogP contribution is -2.38. The summed E-state index contributed by atoms with van der Waals surface area (Å²) in [7, 11) is 0. The second kappa shape index (κ2) is 7.74. The Kier molecular flexibility index (Phi) is 5.97. The van der Waals surface area contributed by atoms with Gasteiger partial charge in [0.2, 0.25) is 0 Å². The van der Waals surface area contributed by atoms with E-state index >= 15 is 0 Å². The Labute approximate surface area is 127 Å². The van der Waals surface area contributed by atoms with E-state index < -0.39 is 0 Å². The van der Waals surface area contributed by atoms with Crippen LogP contribution in [0.5, 0.6) is 0 Å². The lowest BCUT2D eigenvalue weighted by Gasteiger charge is -2.35. The molecule has 0 radical (unpaired) electrons. The number of rotatable bonds is 6. The largest absolute Gasteiger partial charge is 0.354 e. The summed E-state index contributed by atoms with van der Waals surface area (Å²) in [6.45, 7) is 7.97. The maximum absolute atomic E-state index is 13.6. The van der Waals surface area contributed by atoms with Crippen molar-refractivity contribution in [2.45, 2.75) is 71.5 Å². The third-order valence-electron chi connectivity index (χ3n) is 4.24. The number of nitrogens with zero attached hydrogens (tertiary/aromatic N) is 2. The second-order valence-corrected chi connectivity index (χ2v) is 6.25. The first-order chi connectivity index (χ1) is 10.1. The van der Waals surface area contributed by atoms with Gasteiger partial charge >= 0.3 is 0 Å². The zero-order valence-electron chi connectivity index (χ0n) is 13.5. The molecule has 1 aliphatic rings. The molecule has 1 fully saturated rings. The molecule has 0 aliphatic heterocycles. The Morgan fingerprint density at radius 1 is 1.33 bits per heavy atom. The van der Waals surface area contributed by atoms with Crippen molar-refractivity contribution in [3.63, 3.8) is 0 Å². The van der Waals surface area contributed by atoms with Gasteiger partial charge in [0, 0.05) is 30.7 Å². The van der Waals surface area contributed by atoms with Gasteiger partial charge in [-0.2, -0.15) is 0 Å². The molecule has 21 heavy (non-hydrogen) atoms. The van der Waals surface area contributed by atoms with E-state index in [9.17, 15) is 4.39 Å². The lowest BCUT2D eigenvalue weighted by molar-refractivity contribution is 0.415. The Morgan fingerprint density at radius 3 is 2.67 bits per heavy atom. The van der Waals surface area contributed by atoms with Gasteiger partial charge in [-0.1, -0.05) is 33.1 Å². The minimum atomic E-state index is -0.251. The van der Waals surface area contributed by atoms with E-state index in [0.717, 1.165) is 17.9 Å². The van der Waals surface area contributed by atoms with Gasteiger partial charge in [-0.3, -0.25) is 0 Å². The molecule has 0 spiro atoms. The Morgan fingerprint density at radius 2 is 2.05 bits per heavy atom. The summed E-state index contributed by atoms with van der Waals surface area (Å²) in [6, 6.07) is 2.56. The highest BCUT2D eigenvalue weighted by molar-refractivity contribution is 5.48. The molecular weight excluding hydrogens is 265 g/mol. The Balaban J connectivity index is 2.22. The monoisotopic (exact) mass is 293 g/mol. The molecule has 0 amide bonds. The van der Waals surface area contributed by atoms with Crippen molar-refractivity contribution in [1.82, 2.24) is 10.3 Å². The van der Waals surface area contributed by atoms with Crippen LogP contribution in [0.1, 0.15) is 58.4 Å². The summed E-state index contributed by atoms with van der Waals surface area (Å²) in [5, 5.41) is 3.38. The minimum absolute atomic E-state index is 0.251. The van der Waals surface area contributed by atoms with Gasteiger partial charge in [0.05, 0.1) is 6.20 Å². The second-order valence-electron chi connectivity index (χ2n) is 6.25. The molecular formula is C17H28FN3. The van der Waals surface area contributed by atoms with Crippen LogP contribution in [0.25, 0.3) is 0 Å². The van der Waals surface area contributed by atoms with Gasteiger partial charge in [-0.25, -0.2) is 9.37 Å². The van der Waals surface area contributed by atoms with Crippen molar-refractivity contribution in [2.24, 2.45) is 0 Å². The van der Waals surface area contributed by atoms with Crippen molar-refractivity contribution in [2.75, 3.05) is 11.4 Å². The van der Waals surface area contributed by atoms with Gasteiger partial charge in [0.25, 0.3) is 0 Å². The van der Waals surface area contributed by atoms with Gasteiger partial charge in [0.1, 0.15) is 11.6 Å². The number of hydrogen-bond acceptors (Lipinski definition) is 3. The van der Waals surface area contributed by atoms with Crippen LogP contribution in [-0.4, -0.2) is 23.6 Å². The molecule has 4 heteroatoms. The van der Waals surface area contributed by atoms with E-state index in [1.54, 1.807) is 6.07 Å². The number of halogens is 1. The van der Waals surface area contributed by atoms with Gasteiger partial charge < -0.3 is 10.2 Å². The zero-order valence-corrected chi connectivity index (χ0v) is 13.5. The van der Waals surface area contributed by atoms with E-state index in [1.165, 1.54) is 38.3 Å². The SMILES string of the molecule is CCN(c1ncc(F)cc1CNC(C)C)C1CCCCC1. The first-order valence-corrected chi connectivity index (χ1v) is 8.26. The quantitative estimate of drug-likeness (QED) is 0.863. The average molecular weight is 293 g/mol. The molecule has 0 atom stereocenters. The molecule has 1 aromatic heterocycles. The highest BCUT2D eigenvalue weighted by atomic mass is 19.1. The Hall–Kier alpha value is -1.16. The maximum atomic E-state index is 13.6. The molecule has 2 rings (SSSR count). The summed E-state index contributed by atoms with van der Waals surface area (Å²) in [6.07, 6.45) is 7.73. The molecule has 0 unspecified atom stereocenters. The predicted molar refractivity (Wildman–Crippen MR) is 86.1 cm³/mol. The Bertz CT molecular complexity index is 442. The average Bonchev–Trinajstić information content (AvgIpc) is 2.48.